The third kappa shape index (κ3) is 5.09. The summed E-state index contributed by atoms with van der Waals surface area (Å²) in [5, 5.41) is 4.46. The van der Waals surface area contributed by atoms with E-state index in [-0.39, 0.29) is 24.8 Å². The maximum atomic E-state index is 13.4. The van der Waals surface area contributed by atoms with Crippen molar-refractivity contribution < 1.29 is 18.0 Å². The van der Waals surface area contributed by atoms with Crippen molar-refractivity contribution in [1.29, 1.82) is 0 Å². The number of amides is 2. The number of hydrogen-bond acceptors (Lipinski definition) is 4. The van der Waals surface area contributed by atoms with Crippen molar-refractivity contribution in [3.05, 3.63) is 72.3 Å². The van der Waals surface area contributed by atoms with Crippen LogP contribution in [0.4, 0.5) is 5.69 Å². The Morgan fingerprint density at radius 2 is 1.69 bits per heavy atom. The molecule has 1 aliphatic heterocycles. The Hall–Kier alpha value is -3.39. The molecule has 8 heteroatoms. The number of nitrogens with one attached hydrogen (secondary N) is 1. The lowest BCUT2D eigenvalue weighted by molar-refractivity contribution is -0.140. The second-order valence-corrected chi connectivity index (χ2v) is 10.8. The number of carbonyl (C=O) groups is 2. The van der Waals surface area contributed by atoms with Crippen LogP contribution in [0.1, 0.15) is 38.7 Å². The molecule has 190 valence electrons. The first-order valence-corrected chi connectivity index (χ1v) is 14.0. The summed E-state index contributed by atoms with van der Waals surface area (Å²) >= 11 is 0. The van der Waals surface area contributed by atoms with Gasteiger partial charge >= 0.3 is 0 Å². The fourth-order valence-electron chi connectivity index (χ4n) is 4.90. The molecule has 3 aromatic carbocycles. The molecule has 0 spiro atoms. The number of nitrogens with zero attached hydrogens (tertiary/aromatic N) is 2. The van der Waals surface area contributed by atoms with E-state index in [9.17, 15) is 18.0 Å². The van der Waals surface area contributed by atoms with Gasteiger partial charge in [-0.2, -0.15) is 0 Å². The lowest BCUT2D eigenvalue weighted by Gasteiger charge is -2.31. The van der Waals surface area contributed by atoms with E-state index in [2.05, 4.69) is 5.32 Å². The lowest BCUT2D eigenvalue weighted by Crippen LogP contribution is -2.50. The van der Waals surface area contributed by atoms with Crippen LogP contribution in [0.2, 0.25) is 0 Å². The van der Waals surface area contributed by atoms with Gasteiger partial charge in [-0.1, -0.05) is 61.5 Å². The summed E-state index contributed by atoms with van der Waals surface area (Å²) in [7, 11) is -3.66. The molecule has 0 unspecified atom stereocenters. The maximum absolute atomic E-state index is 13.4. The minimum atomic E-state index is -3.66. The van der Waals surface area contributed by atoms with Gasteiger partial charge in [0.15, 0.2) is 0 Å². The molecule has 0 radical (unpaired) electrons. The summed E-state index contributed by atoms with van der Waals surface area (Å²) in [6.07, 6.45) is 1.66. The van der Waals surface area contributed by atoms with E-state index in [1.165, 1.54) is 4.31 Å². The molecule has 36 heavy (non-hydrogen) atoms. The summed E-state index contributed by atoms with van der Waals surface area (Å²) in [5.41, 5.74) is 1.75. The smallest absolute Gasteiger partial charge is 0.265 e. The molecule has 0 aliphatic carbocycles. The average molecular weight is 508 g/mol. The standard InChI is InChI=1S/C28H33N3O4S/c1-3-23(28(33)29-4-2)30(20-18-21-11-6-5-7-12-21)26(32)17-10-19-31-24-15-8-13-22-14-9-16-25(27(22)24)36(31,34)35/h5-9,11-16,23H,3-4,10,17-20H2,1-2H3,(H,29,33)/t23-/m1/s1. The highest BCUT2D eigenvalue weighted by Crippen LogP contribution is 2.42. The fourth-order valence-corrected chi connectivity index (χ4v) is 6.65. The quantitative estimate of drug-likeness (QED) is 0.423. The van der Waals surface area contributed by atoms with Crippen molar-refractivity contribution in [2.75, 3.05) is 23.9 Å². The largest absolute Gasteiger partial charge is 0.355 e. The van der Waals surface area contributed by atoms with E-state index >= 15 is 0 Å². The van der Waals surface area contributed by atoms with Crippen LogP contribution in [0.15, 0.2) is 71.6 Å². The summed E-state index contributed by atoms with van der Waals surface area (Å²) < 4.78 is 27.9. The normalized spacial score (nSPS) is 14.6. The molecule has 2 amide bonds. The first kappa shape index (κ1) is 25.7. The van der Waals surface area contributed by atoms with Gasteiger partial charge in [0, 0.05) is 31.4 Å². The van der Waals surface area contributed by atoms with Gasteiger partial charge in [-0.15, -0.1) is 0 Å². The summed E-state index contributed by atoms with van der Waals surface area (Å²) in [4.78, 5) is 28.1. The molecular weight excluding hydrogens is 474 g/mol. The SMILES string of the molecule is CCNC(=O)[C@@H](CC)N(CCc1ccccc1)C(=O)CCCN1c2cccc3cccc(c23)S1(=O)=O. The van der Waals surface area contributed by atoms with Gasteiger partial charge in [0.25, 0.3) is 10.0 Å². The minimum absolute atomic E-state index is 0.142. The van der Waals surface area contributed by atoms with Crippen molar-refractivity contribution >= 4 is 38.3 Å². The molecule has 1 aliphatic rings. The van der Waals surface area contributed by atoms with E-state index in [4.69, 9.17) is 0 Å². The van der Waals surface area contributed by atoms with E-state index in [0.29, 0.717) is 42.9 Å². The van der Waals surface area contributed by atoms with Crippen molar-refractivity contribution in [1.82, 2.24) is 10.2 Å². The average Bonchev–Trinajstić information content (AvgIpc) is 3.10. The maximum Gasteiger partial charge on any atom is 0.265 e. The van der Waals surface area contributed by atoms with E-state index in [1.54, 1.807) is 17.0 Å². The number of benzene rings is 3. The second kappa shape index (κ2) is 11.1. The van der Waals surface area contributed by atoms with Crippen LogP contribution in [0, 0.1) is 0 Å². The van der Waals surface area contributed by atoms with Gasteiger partial charge in [0.2, 0.25) is 11.8 Å². The Morgan fingerprint density at radius 1 is 0.972 bits per heavy atom. The Bertz CT molecular complexity index is 1340. The molecule has 0 bridgehead atoms. The van der Waals surface area contributed by atoms with Crippen LogP contribution in [0.3, 0.4) is 0 Å². The second-order valence-electron chi connectivity index (χ2n) is 8.95. The highest BCUT2D eigenvalue weighted by Gasteiger charge is 2.35. The third-order valence-corrected chi connectivity index (χ3v) is 8.51. The zero-order valence-corrected chi connectivity index (χ0v) is 21.6. The Morgan fingerprint density at radius 3 is 2.39 bits per heavy atom. The van der Waals surface area contributed by atoms with Crippen molar-refractivity contribution in [2.24, 2.45) is 0 Å². The Balaban J connectivity index is 1.48. The molecular formula is C28H33N3O4S. The van der Waals surface area contributed by atoms with Crippen LogP contribution < -0.4 is 9.62 Å². The predicted molar refractivity (Wildman–Crippen MR) is 142 cm³/mol. The molecule has 0 saturated carbocycles. The minimum Gasteiger partial charge on any atom is -0.355 e. The van der Waals surface area contributed by atoms with Gasteiger partial charge in [-0.05, 0) is 49.3 Å². The monoisotopic (exact) mass is 507 g/mol. The molecule has 1 heterocycles. The third-order valence-electron chi connectivity index (χ3n) is 6.65. The van der Waals surface area contributed by atoms with Gasteiger partial charge in [0.05, 0.1) is 10.6 Å². The molecule has 4 rings (SSSR count). The first-order valence-electron chi connectivity index (χ1n) is 12.5. The summed E-state index contributed by atoms with van der Waals surface area (Å²) in [6, 6.07) is 20.2. The van der Waals surface area contributed by atoms with Crippen molar-refractivity contribution in [2.45, 2.75) is 50.5 Å². The Kier molecular flexibility index (Phi) is 7.94. The number of rotatable bonds is 11. The molecule has 1 N–H and O–H groups in total. The number of anilines is 1. The van der Waals surface area contributed by atoms with Crippen LogP contribution in [-0.4, -0.2) is 50.8 Å². The van der Waals surface area contributed by atoms with Gasteiger partial charge in [-0.25, -0.2) is 8.42 Å². The number of likely N-dealkylation sites (N-methyl/N-ethyl adjacent to an activating group) is 1. The molecule has 1 atom stereocenters. The van der Waals surface area contributed by atoms with E-state index in [0.717, 1.165) is 16.3 Å². The fraction of sp³-hybridized carbons (Fsp3) is 0.357. The number of sulfonamides is 1. The van der Waals surface area contributed by atoms with E-state index in [1.807, 2.05) is 68.4 Å². The molecule has 0 saturated heterocycles. The zero-order chi connectivity index (χ0) is 25.7. The van der Waals surface area contributed by atoms with Crippen LogP contribution in [0.25, 0.3) is 10.8 Å². The molecule has 3 aromatic rings. The Labute approximate surface area is 213 Å². The van der Waals surface area contributed by atoms with E-state index < -0.39 is 16.1 Å². The highest BCUT2D eigenvalue weighted by molar-refractivity contribution is 7.93. The van der Waals surface area contributed by atoms with Gasteiger partial charge in [-0.3, -0.25) is 13.9 Å². The zero-order valence-electron chi connectivity index (χ0n) is 20.8. The molecule has 7 nitrogen and oxygen atoms in total. The van der Waals surface area contributed by atoms with Gasteiger partial charge in [0.1, 0.15) is 6.04 Å². The molecule has 0 fully saturated rings. The predicted octanol–water partition coefficient (Wildman–Crippen LogP) is 4.11. The highest BCUT2D eigenvalue weighted by atomic mass is 32.2. The van der Waals surface area contributed by atoms with Crippen LogP contribution >= 0.6 is 0 Å². The summed E-state index contributed by atoms with van der Waals surface area (Å²) in [5.74, 6) is -0.304. The van der Waals surface area contributed by atoms with Gasteiger partial charge < -0.3 is 10.2 Å². The van der Waals surface area contributed by atoms with Crippen LogP contribution in [-0.2, 0) is 26.0 Å². The van der Waals surface area contributed by atoms with Crippen molar-refractivity contribution in [3.63, 3.8) is 0 Å². The lowest BCUT2D eigenvalue weighted by atomic mass is 10.1. The van der Waals surface area contributed by atoms with Crippen LogP contribution in [0.5, 0.6) is 0 Å². The number of hydrogen-bond donors (Lipinski definition) is 1. The summed E-state index contributed by atoms with van der Waals surface area (Å²) in [6.45, 7) is 4.87. The topological polar surface area (TPSA) is 86.8 Å². The number of carbonyl (C=O) groups excluding carboxylic acids is 2. The van der Waals surface area contributed by atoms with Crippen molar-refractivity contribution in [3.8, 4) is 0 Å². The molecule has 0 aromatic heterocycles. The first-order chi connectivity index (χ1) is 17.4.